The van der Waals surface area contributed by atoms with Gasteiger partial charge in [0.1, 0.15) is 11.5 Å². The van der Waals surface area contributed by atoms with Crippen molar-refractivity contribution < 1.29 is 15.0 Å². The summed E-state index contributed by atoms with van der Waals surface area (Å²) in [5.41, 5.74) is 2.32. The summed E-state index contributed by atoms with van der Waals surface area (Å²) in [5.74, 6) is -0.584. The van der Waals surface area contributed by atoms with Crippen LogP contribution in [0.2, 0.25) is 0 Å². The molecule has 0 radical (unpaired) electrons. The molecule has 24 heavy (non-hydrogen) atoms. The number of carbonyl (C=O) groups is 1. The lowest BCUT2D eigenvalue weighted by molar-refractivity contribution is 0.104. The topological polar surface area (TPSA) is 60.8 Å². The fourth-order valence-electron chi connectivity index (χ4n) is 2.94. The van der Waals surface area contributed by atoms with Gasteiger partial charge in [0.05, 0.1) is 5.56 Å². The predicted octanol–water partition coefficient (Wildman–Crippen LogP) is 3.98. The van der Waals surface area contributed by atoms with Crippen LogP contribution in [0.1, 0.15) is 35.2 Å². The molecule has 0 atom stereocenters. The van der Waals surface area contributed by atoms with Crippen LogP contribution in [0, 0.1) is 0 Å². The van der Waals surface area contributed by atoms with Crippen LogP contribution in [0.5, 0.6) is 11.5 Å². The zero-order chi connectivity index (χ0) is 16.9. The van der Waals surface area contributed by atoms with Crippen LogP contribution < -0.4 is 4.90 Å². The molecule has 0 bridgehead atoms. The van der Waals surface area contributed by atoms with E-state index < -0.39 is 0 Å². The molecule has 0 aromatic heterocycles. The van der Waals surface area contributed by atoms with E-state index in [1.807, 2.05) is 12.1 Å². The molecular weight excluding hydrogens is 302 g/mol. The first-order chi connectivity index (χ1) is 11.6. The molecular formula is C20H21NO3. The molecule has 0 saturated carbocycles. The third-order valence-corrected chi connectivity index (χ3v) is 4.29. The molecule has 3 rings (SSSR count). The smallest absolute Gasteiger partial charge is 0.189 e. The van der Waals surface area contributed by atoms with E-state index in [0.29, 0.717) is 0 Å². The number of hydrogen-bond acceptors (Lipinski definition) is 4. The maximum absolute atomic E-state index is 12.1. The number of anilines is 1. The van der Waals surface area contributed by atoms with Crippen LogP contribution in [-0.2, 0) is 0 Å². The Morgan fingerprint density at radius 1 is 0.958 bits per heavy atom. The van der Waals surface area contributed by atoms with E-state index in [0.717, 1.165) is 24.7 Å². The van der Waals surface area contributed by atoms with Crippen molar-refractivity contribution in [2.75, 3.05) is 18.0 Å². The summed E-state index contributed by atoms with van der Waals surface area (Å²) in [5, 5.41) is 19.0. The lowest BCUT2D eigenvalue weighted by Gasteiger charge is -2.28. The van der Waals surface area contributed by atoms with Crippen LogP contribution >= 0.6 is 0 Å². The maximum atomic E-state index is 12.1. The molecule has 4 heteroatoms. The van der Waals surface area contributed by atoms with Gasteiger partial charge in [-0.2, -0.15) is 0 Å². The number of allylic oxidation sites excluding steroid dienone is 1. The van der Waals surface area contributed by atoms with Gasteiger partial charge in [0.2, 0.25) is 0 Å². The first-order valence-corrected chi connectivity index (χ1v) is 8.23. The quantitative estimate of drug-likeness (QED) is 0.660. The van der Waals surface area contributed by atoms with Gasteiger partial charge in [0.15, 0.2) is 5.78 Å². The van der Waals surface area contributed by atoms with Crippen molar-refractivity contribution in [1.82, 2.24) is 0 Å². The minimum Gasteiger partial charge on any atom is -0.508 e. The second-order valence-corrected chi connectivity index (χ2v) is 6.04. The third-order valence-electron chi connectivity index (χ3n) is 4.29. The summed E-state index contributed by atoms with van der Waals surface area (Å²) < 4.78 is 0. The Balaban J connectivity index is 1.68. The Bertz CT molecular complexity index is 744. The van der Waals surface area contributed by atoms with E-state index in [1.54, 1.807) is 6.08 Å². The van der Waals surface area contributed by atoms with Crippen molar-refractivity contribution in [2.45, 2.75) is 19.3 Å². The van der Waals surface area contributed by atoms with Crippen LogP contribution in [0.3, 0.4) is 0 Å². The Kier molecular flexibility index (Phi) is 4.85. The molecule has 0 unspecified atom stereocenters. The Morgan fingerprint density at radius 3 is 2.33 bits per heavy atom. The molecule has 124 valence electrons. The van der Waals surface area contributed by atoms with Gasteiger partial charge in [-0.25, -0.2) is 0 Å². The molecule has 1 aliphatic rings. The maximum Gasteiger partial charge on any atom is 0.189 e. The fourth-order valence-corrected chi connectivity index (χ4v) is 2.94. The van der Waals surface area contributed by atoms with E-state index in [9.17, 15) is 15.0 Å². The Morgan fingerprint density at radius 2 is 1.67 bits per heavy atom. The van der Waals surface area contributed by atoms with Crippen LogP contribution in [0.15, 0.2) is 48.5 Å². The molecule has 1 fully saturated rings. The zero-order valence-corrected chi connectivity index (χ0v) is 13.5. The lowest BCUT2D eigenvalue weighted by atomic mass is 10.1. The molecule has 0 amide bonds. The van der Waals surface area contributed by atoms with Gasteiger partial charge >= 0.3 is 0 Å². The first kappa shape index (κ1) is 16.1. The number of piperidine rings is 1. The van der Waals surface area contributed by atoms with Crippen LogP contribution in [0.25, 0.3) is 6.08 Å². The highest BCUT2D eigenvalue weighted by molar-refractivity contribution is 6.08. The number of ketones is 1. The van der Waals surface area contributed by atoms with E-state index in [4.69, 9.17) is 0 Å². The van der Waals surface area contributed by atoms with Crippen molar-refractivity contribution in [2.24, 2.45) is 0 Å². The average molecular weight is 323 g/mol. The molecule has 1 saturated heterocycles. The zero-order valence-electron chi connectivity index (χ0n) is 13.5. The fraction of sp³-hybridized carbons (Fsp3) is 0.250. The number of nitrogens with zero attached hydrogens (tertiary/aromatic N) is 1. The average Bonchev–Trinajstić information content (AvgIpc) is 2.61. The van der Waals surface area contributed by atoms with E-state index >= 15 is 0 Å². The molecule has 2 aromatic rings. The summed E-state index contributed by atoms with van der Waals surface area (Å²) in [6.07, 6.45) is 6.96. The standard InChI is InChI=1S/C20H21NO3/c22-17-9-10-18(20(24)14-17)19(23)11-6-15-4-7-16(8-5-15)21-12-2-1-3-13-21/h4-11,14,22,24H,1-3,12-13H2. The largest absolute Gasteiger partial charge is 0.508 e. The molecule has 0 aliphatic carbocycles. The number of benzene rings is 2. The van der Waals surface area contributed by atoms with Crippen LogP contribution in [-0.4, -0.2) is 29.1 Å². The highest BCUT2D eigenvalue weighted by Crippen LogP contribution is 2.24. The minimum absolute atomic E-state index is 0.0682. The highest BCUT2D eigenvalue weighted by Gasteiger charge is 2.11. The Hall–Kier alpha value is -2.75. The van der Waals surface area contributed by atoms with Crippen molar-refractivity contribution in [1.29, 1.82) is 0 Å². The van der Waals surface area contributed by atoms with Gasteiger partial charge in [0.25, 0.3) is 0 Å². The van der Waals surface area contributed by atoms with Crippen LogP contribution in [0.4, 0.5) is 5.69 Å². The first-order valence-electron chi connectivity index (χ1n) is 8.23. The van der Waals surface area contributed by atoms with Gasteiger partial charge in [0, 0.05) is 24.8 Å². The molecule has 1 aliphatic heterocycles. The van der Waals surface area contributed by atoms with E-state index in [-0.39, 0.29) is 22.8 Å². The van der Waals surface area contributed by atoms with Crippen molar-refractivity contribution in [3.63, 3.8) is 0 Å². The lowest BCUT2D eigenvalue weighted by Crippen LogP contribution is -2.29. The molecule has 2 N–H and O–H groups in total. The number of hydrogen-bond donors (Lipinski definition) is 2. The number of carbonyl (C=O) groups excluding carboxylic acids is 1. The van der Waals surface area contributed by atoms with E-state index in [2.05, 4.69) is 17.0 Å². The Labute approximate surface area is 141 Å². The highest BCUT2D eigenvalue weighted by atomic mass is 16.3. The van der Waals surface area contributed by atoms with Gasteiger partial charge in [-0.15, -0.1) is 0 Å². The number of aromatic hydroxyl groups is 2. The number of phenolic OH excluding ortho intramolecular Hbond substituents is 2. The minimum atomic E-state index is -0.299. The van der Waals surface area contributed by atoms with E-state index in [1.165, 1.54) is 43.2 Å². The molecule has 0 spiro atoms. The van der Waals surface area contributed by atoms with Gasteiger partial charge < -0.3 is 15.1 Å². The summed E-state index contributed by atoms with van der Waals surface area (Å²) in [6, 6.07) is 12.1. The van der Waals surface area contributed by atoms with Crippen molar-refractivity contribution in [3.05, 3.63) is 59.7 Å². The van der Waals surface area contributed by atoms with Crippen molar-refractivity contribution in [3.8, 4) is 11.5 Å². The molecule has 2 aromatic carbocycles. The molecule has 4 nitrogen and oxygen atoms in total. The van der Waals surface area contributed by atoms with Gasteiger partial charge in [-0.05, 0) is 55.2 Å². The second-order valence-electron chi connectivity index (χ2n) is 6.04. The SMILES string of the molecule is O=C(C=Cc1ccc(N2CCCCC2)cc1)c1ccc(O)cc1O. The summed E-state index contributed by atoms with van der Waals surface area (Å²) in [6.45, 7) is 2.21. The number of phenols is 2. The summed E-state index contributed by atoms with van der Waals surface area (Å²) >= 11 is 0. The van der Waals surface area contributed by atoms with Crippen molar-refractivity contribution >= 4 is 17.5 Å². The normalized spacial score (nSPS) is 14.9. The predicted molar refractivity (Wildman–Crippen MR) is 95.6 cm³/mol. The molecule has 1 heterocycles. The third kappa shape index (κ3) is 3.77. The number of rotatable bonds is 4. The summed E-state index contributed by atoms with van der Waals surface area (Å²) in [4.78, 5) is 14.5. The van der Waals surface area contributed by atoms with Gasteiger partial charge in [-0.1, -0.05) is 18.2 Å². The second kappa shape index (κ2) is 7.21. The summed E-state index contributed by atoms with van der Waals surface area (Å²) in [7, 11) is 0. The van der Waals surface area contributed by atoms with Gasteiger partial charge in [-0.3, -0.25) is 4.79 Å². The monoisotopic (exact) mass is 323 g/mol.